The molecule has 0 unspecified atom stereocenters. The molecule has 4 aromatic rings. The molecule has 33 heavy (non-hydrogen) atoms. The fraction of sp³-hybridized carbons (Fsp3) is 0.154. The van der Waals surface area contributed by atoms with E-state index in [-0.39, 0.29) is 18.0 Å². The quantitative estimate of drug-likeness (QED) is 0.247. The minimum atomic E-state index is -1.02. The fourth-order valence-corrected chi connectivity index (χ4v) is 4.14. The predicted octanol–water partition coefficient (Wildman–Crippen LogP) is 4.98. The Morgan fingerprint density at radius 3 is 2.30 bits per heavy atom. The lowest BCUT2D eigenvalue weighted by atomic mass is 9.84. The fourth-order valence-electron chi connectivity index (χ4n) is 4.14. The van der Waals surface area contributed by atoms with E-state index in [1.54, 1.807) is 36.4 Å². The number of aliphatic hydroxyl groups is 1. The number of nitrogens with zero attached hydrogens (tertiary/aromatic N) is 1. The van der Waals surface area contributed by atoms with Crippen LogP contribution in [-0.4, -0.2) is 33.6 Å². The van der Waals surface area contributed by atoms with Gasteiger partial charge >= 0.3 is 5.97 Å². The minimum Gasteiger partial charge on any atom is -0.478 e. The third-order valence-electron chi connectivity index (χ3n) is 5.87. The van der Waals surface area contributed by atoms with Crippen LogP contribution in [0.25, 0.3) is 27.7 Å². The van der Waals surface area contributed by atoms with Gasteiger partial charge < -0.3 is 25.9 Å². The Kier molecular flexibility index (Phi) is 5.51. The molecule has 0 saturated carbocycles. The molecule has 1 aromatic heterocycles. The molecule has 3 aromatic carbocycles. The van der Waals surface area contributed by atoms with E-state index >= 15 is 0 Å². The molecule has 7 heteroatoms. The van der Waals surface area contributed by atoms with Crippen molar-refractivity contribution in [2.24, 2.45) is 0 Å². The number of carboxylic acid groups (broad SMARTS) is 1. The molecule has 5 N–H and O–H groups in total. The van der Waals surface area contributed by atoms with Gasteiger partial charge in [-0.15, -0.1) is 0 Å². The SMILES string of the molecule is CC(C)(CO)c1c(-c2ccc(C(=O)O)cc2)c2cc(N)c(C=N)cc2n1-c1ccc(F)cc1. The van der Waals surface area contributed by atoms with Crippen molar-refractivity contribution in [3.63, 3.8) is 0 Å². The van der Waals surface area contributed by atoms with Crippen LogP contribution in [0.4, 0.5) is 10.1 Å². The molecule has 4 rings (SSSR count). The monoisotopic (exact) mass is 445 g/mol. The second-order valence-corrected chi connectivity index (χ2v) is 8.60. The number of hydrogen-bond acceptors (Lipinski definition) is 4. The minimum absolute atomic E-state index is 0.162. The number of rotatable bonds is 6. The Labute approximate surface area is 190 Å². The molecule has 0 saturated heterocycles. The Morgan fingerprint density at radius 1 is 1.12 bits per heavy atom. The van der Waals surface area contributed by atoms with Gasteiger partial charge in [0, 0.05) is 45.2 Å². The highest BCUT2D eigenvalue weighted by Crippen LogP contribution is 2.44. The van der Waals surface area contributed by atoms with Crippen LogP contribution in [0.5, 0.6) is 0 Å². The van der Waals surface area contributed by atoms with Gasteiger partial charge in [-0.1, -0.05) is 26.0 Å². The Hall–Kier alpha value is -3.97. The van der Waals surface area contributed by atoms with Crippen LogP contribution in [0, 0.1) is 11.2 Å². The molecular formula is C26H24FN3O3. The predicted molar refractivity (Wildman–Crippen MR) is 128 cm³/mol. The number of anilines is 1. The number of nitrogen functional groups attached to an aromatic ring is 1. The molecule has 0 amide bonds. The van der Waals surface area contributed by atoms with Gasteiger partial charge in [-0.2, -0.15) is 0 Å². The van der Waals surface area contributed by atoms with Crippen LogP contribution in [0.2, 0.25) is 0 Å². The maximum Gasteiger partial charge on any atom is 0.335 e. The summed E-state index contributed by atoms with van der Waals surface area (Å²) in [6, 6.07) is 16.1. The number of aliphatic hydroxyl groups excluding tert-OH is 1. The first-order chi connectivity index (χ1) is 15.7. The Balaban J connectivity index is 2.18. The van der Waals surface area contributed by atoms with Crippen LogP contribution < -0.4 is 5.73 Å². The highest BCUT2D eigenvalue weighted by atomic mass is 19.1. The molecule has 168 valence electrons. The maximum absolute atomic E-state index is 13.7. The van der Waals surface area contributed by atoms with E-state index in [0.717, 1.165) is 27.7 Å². The summed E-state index contributed by atoms with van der Waals surface area (Å²) < 4.78 is 15.7. The van der Waals surface area contributed by atoms with Crippen molar-refractivity contribution >= 4 is 28.8 Å². The van der Waals surface area contributed by atoms with E-state index < -0.39 is 11.4 Å². The average Bonchev–Trinajstić information content (AvgIpc) is 3.13. The van der Waals surface area contributed by atoms with Crippen LogP contribution in [0.3, 0.4) is 0 Å². The zero-order valence-corrected chi connectivity index (χ0v) is 18.3. The van der Waals surface area contributed by atoms with Crippen molar-refractivity contribution in [2.75, 3.05) is 12.3 Å². The number of nitrogens with two attached hydrogens (primary N) is 1. The number of carboxylic acids is 1. The van der Waals surface area contributed by atoms with Crippen molar-refractivity contribution in [1.29, 1.82) is 5.41 Å². The van der Waals surface area contributed by atoms with Gasteiger partial charge in [0.2, 0.25) is 0 Å². The van der Waals surface area contributed by atoms with E-state index in [4.69, 9.17) is 11.1 Å². The van der Waals surface area contributed by atoms with E-state index in [9.17, 15) is 19.4 Å². The zero-order valence-electron chi connectivity index (χ0n) is 18.3. The number of hydrogen-bond donors (Lipinski definition) is 4. The van der Waals surface area contributed by atoms with Crippen LogP contribution >= 0.6 is 0 Å². The third kappa shape index (κ3) is 3.76. The number of fused-ring (bicyclic) bond motifs is 1. The van der Waals surface area contributed by atoms with Crippen molar-refractivity contribution < 1.29 is 19.4 Å². The lowest BCUT2D eigenvalue weighted by Crippen LogP contribution is -2.26. The molecule has 1 heterocycles. The molecular weight excluding hydrogens is 421 g/mol. The molecule has 0 atom stereocenters. The number of nitrogens with one attached hydrogen (secondary N) is 1. The van der Waals surface area contributed by atoms with Gasteiger partial charge in [0.25, 0.3) is 0 Å². The normalized spacial score (nSPS) is 11.6. The van der Waals surface area contributed by atoms with E-state index in [1.165, 1.54) is 30.5 Å². The summed E-state index contributed by atoms with van der Waals surface area (Å²) in [6.45, 7) is 3.63. The van der Waals surface area contributed by atoms with Gasteiger partial charge in [-0.25, -0.2) is 9.18 Å². The van der Waals surface area contributed by atoms with E-state index in [1.807, 2.05) is 18.4 Å². The third-order valence-corrected chi connectivity index (χ3v) is 5.87. The van der Waals surface area contributed by atoms with Crippen LogP contribution in [0.1, 0.15) is 35.5 Å². The summed E-state index contributed by atoms with van der Waals surface area (Å²) in [7, 11) is 0. The molecule has 0 aliphatic rings. The number of benzene rings is 3. The molecule has 6 nitrogen and oxygen atoms in total. The van der Waals surface area contributed by atoms with E-state index in [2.05, 4.69) is 0 Å². The summed E-state index contributed by atoms with van der Waals surface area (Å²) in [6.07, 6.45) is 1.18. The van der Waals surface area contributed by atoms with E-state index in [0.29, 0.717) is 16.9 Å². The molecule has 0 spiro atoms. The van der Waals surface area contributed by atoms with Gasteiger partial charge in [0.05, 0.1) is 17.7 Å². The average molecular weight is 445 g/mol. The van der Waals surface area contributed by atoms with Gasteiger partial charge in [-0.05, 0) is 54.1 Å². The summed E-state index contributed by atoms with van der Waals surface area (Å²) in [5.74, 6) is -1.39. The standard InChI is InChI=1S/C26H24FN3O3/c1-26(2,14-31)24-23(15-3-5-16(6-4-15)25(32)33)20-12-21(29)17(13-28)11-22(20)30(24)19-9-7-18(27)8-10-19/h3-13,28,31H,14,29H2,1-2H3,(H,32,33). The Bertz CT molecular complexity index is 1370. The highest BCUT2D eigenvalue weighted by molar-refractivity contribution is 6.05. The van der Waals surface area contributed by atoms with Crippen LogP contribution in [-0.2, 0) is 5.41 Å². The second-order valence-electron chi connectivity index (χ2n) is 8.60. The van der Waals surface area contributed by atoms with Crippen molar-refractivity contribution in [3.05, 3.63) is 83.3 Å². The summed E-state index contributed by atoms with van der Waals surface area (Å²) >= 11 is 0. The highest BCUT2D eigenvalue weighted by Gasteiger charge is 2.32. The summed E-state index contributed by atoms with van der Waals surface area (Å²) in [5.41, 5.74) is 10.3. The van der Waals surface area contributed by atoms with Gasteiger partial charge in [0.15, 0.2) is 0 Å². The Morgan fingerprint density at radius 2 is 1.76 bits per heavy atom. The number of carbonyl (C=O) groups is 1. The second kappa shape index (κ2) is 8.18. The summed E-state index contributed by atoms with van der Waals surface area (Å²) in [4.78, 5) is 11.4. The van der Waals surface area contributed by atoms with Crippen LogP contribution in [0.15, 0.2) is 60.7 Å². The largest absolute Gasteiger partial charge is 0.478 e. The number of aromatic nitrogens is 1. The lowest BCUT2D eigenvalue weighted by Gasteiger charge is -2.27. The number of aromatic carboxylic acids is 1. The lowest BCUT2D eigenvalue weighted by molar-refractivity contribution is 0.0697. The first kappa shape index (κ1) is 22.2. The number of halogens is 1. The molecule has 0 bridgehead atoms. The first-order valence-corrected chi connectivity index (χ1v) is 10.4. The molecule has 0 radical (unpaired) electrons. The molecule has 0 fully saturated rings. The van der Waals surface area contributed by atoms with Crippen molar-refractivity contribution in [1.82, 2.24) is 4.57 Å². The molecule has 0 aliphatic heterocycles. The first-order valence-electron chi connectivity index (χ1n) is 10.4. The topological polar surface area (TPSA) is 112 Å². The van der Waals surface area contributed by atoms with Gasteiger partial charge in [-0.3, -0.25) is 0 Å². The molecule has 0 aliphatic carbocycles. The van der Waals surface area contributed by atoms with Crippen molar-refractivity contribution in [3.8, 4) is 16.8 Å². The maximum atomic E-state index is 13.7. The summed E-state index contributed by atoms with van der Waals surface area (Å²) in [5, 5.41) is 28.2. The zero-order chi connectivity index (χ0) is 23.9. The van der Waals surface area contributed by atoms with Gasteiger partial charge in [0.1, 0.15) is 5.82 Å². The smallest absolute Gasteiger partial charge is 0.335 e. The van der Waals surface area contributed by atoms with Crippen molar-refractivity contribution in [2.45, 2.75) is 19.3 Å².